The molecule has 1 spiro atoms. The van der Waals surface area contributed by atoms with Gasteiger partial charge in [0.15, 0.2) is 5.11 Å². The molecule has 0 unspecified atom stereocenters. The molecule has 2 N–H and O–H groups in total. The maximum absolute atomic E-state index is 5.55. The van der Waals surface area contributed by atoms with E-state index in [0.717, 1.165) is 26.3 Å². The van der Waals surface area contributed by atoms with E-state index in [-0.39, 0.29) is 0 Å². The Kier molecular flexibility index (Phi) is 1.78. The summed E-state index contributed by atoms with van der Waals surface area (Å²) in [4.78, 5) is 4.60. The molecule has 0 aromatic carbocycles. The first-order chi connectivity index (χ1) is 6.69. The second-order valence-electron chi connectivity index (χ2n) is 4.79. The van der Waals surface area contributed by atoms with Crippen LogP contribution in [0.1, 0.15) is 0 Å². The molecule has 3 heterocycles. The summed E-state index contributed by atoms with van der Waals surface area (Å²) >= 11 is 4.93. The Balaban J connectivity index is 1.48. The van der Waals surface area contributed by atoms with Crippen LogP contribution in [-0.4, -0.2) is 60.3 Å². The fourth-order valence-corrected chi connectivity index (χ4v) is 2.76. The zero-order valence-corrected chi connectivity index (χ0v) is 8.92. The molecule has 78 valence electrons. The maximum Gasteiger partial charge on any atom is 0.166 e. The fraction of sp³-hybridized carbons (Fsp3) is 0.889. The lowest BCUT2D eigenvalue weighted by Gasteiger charge is -2.63. The Hall–Kier alpha value is -0.390. The second-order valence-corrected chi connectivity index (χ2v) is 5.21. The predicted octanol–water partition coefficient (Wildman–Crippen LogP) is -0.754. The lowest BCUT2D eigenvalue weighted by atomic mass is 9.72. The van der Waals surface area contributed by atoms with Crippen molar-refractivity contribution < 1.29 is 4.74 Å². The lowest BCUT2D eigenvalue weighted by molar-refractivity contribution is -0.162. The van der Waals surface area contributed by atoms with Crippen molar-refractivity contribution in [2.24, 2.45) is 11.1 Å². The standard InChI is InChI=1S/C9H15N3OS/c10-8(14)12-5-9(6-12)3-11(4-9)7-1-13-2-7/h7H,1-6H2,(H2,10,14). The third kappa shape index (κ3) is 1.16. The zero-order chi connectivity index (χ0) is 9.76. The molecule has 0 atom stereocenters. The smallest absolute Gasteiger partial charge is 0.166 e. The van der Waals surface area contributed by atoms with Crippen LogP contribution in [0.2, 0.25) is 0 Å². The third-order valence-corrected chi connectivity index (χ3v) is 3.84. The van der Waals surface area contributed by atoms with Crippen molar-refractivity contribution >= 4 is 17.3 Å². The first kappa shape index (κ1) is 8.88. The predicted molar refractivity (Wildman–Crippen MR) is 57.0 cm³/mol. The monoisotopic (exact) mass is 213 g/mol. The summed E-state index contributed by atoms with van der Waals surface area (Å²) in [5.41, 5.74) is 6.07. The van der Waals surface area contributed by atoms with Crippen molar-refractivity contribution in [3.05, 3.63) is 0 Å². The molecule has 4 nitrogen and oxygen atoms in total. The summed E-state index contributed by atoms with van der Waals surface area (Å²) in [5, 5.41) is 0.557. The van der Waals surface area contributed by atoms with E-state index in [2.05, 4.69) is 9.80 Å². The number of nitrogens with zero attached hydrogens (tertiary/aromatic N) is 2. The van der Waals surface area contributed by atoms with Gasteiger partial charge in [-0.25, -0.2) is 0 Å². The highest BCUT2D eigenvalue weighted by molar-refractivity contribution is 7.80. The molecule has 3 aliphatic rings. The van der Waals surface area contributed by atoms with Gasteiger partial charge in [0.1, 0.15) is 0 Å². The van der Waals surface area contributed by atoms with E-state index in [9.17, 15) is 0 Å². The van der Waals surface area contributed by atoms with Crippen LogP contribution in [0.5, 0.6) is 0 Å². The van der Waals surface area contributed by atoms with Crippen LogP contribution < -0.4 is 5.73 Å². The van der Waals surface area contributed by atoms with E-state index in [1.54, 1.807) is 0 Å². The average molecular weight is 213 g/mol. The van der Waals surface area contributed by atoms with Crippen molar-refractivity contribution in [2.45, 2.75) is 6.04 Å². The molecule has 5 heteroatoms. The van der Waals surface area contributed by atoms with Gasteiger partial charge in [0.2, 0.25) is 0 Å². The van der Waals surface area contributed by atoms with Gasteiger partial charge in [0.05, 0.1) is 19.3 Å². The first-order valence-corrected chi connectivity index (χ1v) is 5.46. The minimum Gasteiger partial charge on any atom is -0.378 e. The number of hydrogen-bond acceptors (Lipinski definition) is 3. The summed E-state index contributed by atoms with van der Waals surface area (Å²) in [6, 6.07) is 0.694. The number of likely N-dealkylation sites (tertiary alicyclic amines) is 2. The average Bonchev–Trinajstić information content (AvgIpc) is 1.85. The molecular weight excluding hydrogens is 198 g/mol. The Labute approximate surface area is 89.0 Å². The molecule has 3 fully saturated rings. The molecule has 0 radical (unpaired) electrons. The van der Waals surface area contributed by atoms with Crippen LogP contribution in [0.25, 0.3) is 0 Å². The summed E-state index contributed by atoms with van der Waals surface area (Å²) in [6.45, 7) is 6.39. The zero-order valence-electron chi connectivity index (χ0n) is 8.11. The summed E-state index contributed by atoms with van der Waals surface area (Å²) in [5.74, 6) is 0. The largest absolute Gasteiger partial charge is 0.378 e. The molecule has 3 saturated heterocycles. The van der Waals surface area contributed by atoms with E-state index in [1.807, 2.05) is 0 Å². The van der Waals surface area contributed by atoms with E-state index >= 15 is 0 Å². The quantitative estimate of drug-likeness (QED) is 0.580. The van der Waals surface area contributed by atoms with Gasteiger partial charge in [-0.1, -0.05) is 0 Å². The summed E-state index contributed by atoms with van der Waals surface area (Å²) in [7, 11) is 0. The Bertz CT molecular complexity index is 265. The van der Waals surface area contributed by atoms with Crippen molar-refractivity contribution in [1.82, 2.24) is 9.80 Å². The van der Waals surface area contributed by atoms with Gasteiger partial charge in [0.25, 0.3) is 0 Å². The van der Waals surface area contributed by atoms with Gasteiger partial charge < -0.3 is 15.4 Å². The number of nitrogens with two attached hydrogens (primary N) is 1. The van der Waals surface area contributed by atoms with Gasteiger partial charge in [-0.2, -0.15) is 0 Å². The molecule has 0 bridgehead atoms. The summed E-state index contributed by atoms with van der Waals surface area (Å²) in [6.07, 6.45) is 0. The molecular formula is C9H15N3OS. The van der Waals surface area contributed by atoms with Gasteiger partial charge >= 0.3 is 0 Å². The van der Waals surface area contributed by atoms with E-state index in [4.69, 9.17) is 22.7 Å². The van der Waals surface area contributed by atoms with Crippen LogP contribution in [0.15, 0.2) is 0 Å². The molecule has 3 aliphatic heterocycles. The number of hydrogen-bond donors (Lipinski definition) is 1. The second kappa shape index (κ2) is 2.81. The van der Waals surface area contributed by atoms with Gasteiger partial charge in [0, 0.05) is 31.6 Å². The molecule has 0 amide bonds. The molecule has 0 aliphatic carbocycles. The minimum absolute atomic E-state index is 0.513. The molecule has 0 aromatic rings. The molecule has 0 aromatic heterocycles. The highest BCUT2D eigenvalue weighted by Crippen LogP contribution is 2.41. The Morgan fingerprint density at radius 3 is 2.36 bits per heavy atom. The molecule has 14 heavy (non-hydrogen) atoms. The van der Waals surface area contributed by atoms with E-state index in [1.165, 1.54) is 13.1 Å². The Morgan fingerprint density at radius 2 is 1.93 bits per heavy atom. The van der Waals surface area contributed by atoms with Crippen LogP contribution in [0.4, 0.5) is 0 Å². The topological polar surface area (TPSA) is 41.7 Å². The van der Waals surface area contributed by atoms with Crippen LogP contribution in [0.3, 0.4) is 0 Å². The van der Waals surface area contributed by atoms with Crippen LogP contribution in [-0.2, 0) is 4.74 Å². The van der Waals surface area contributed by atoms with Crippen LogP contribution in [0, 0.1) is 5.41 Å². The number of ether oxygens (including phenoxy) is 1. The van der Waals surface area contributed by atoms with E-state index < -0.39 is 0 Å². The first-order valence-electron chi connectivity index (χ1n) is 5.05. The van der Waals surface area contributed by atoms with Crippen molar-refractivity contribution in [3.8, 4) is 0 Å². The highest BCUT2D eigenvalue weighted by Gasteiger charge is 2.54. The maximum atomic E-state index is 5.55. The lowest BCUT2D eigenvalue weighted by Crippen LogP contribution is -2.76. The van der Waals surface area contributed by atoms with E-state index in [0.29, 0.717) is 16.6 Å². The van der Waals surface area contributed by atoms with Crippen molar-refractivity contribution in [2.75, 3.05) is 39.4 Å². The van der Waals surface area contributed by atoms with Crippen LogP contribution >= 0.6 is 12.2 Å². The molecule has 0 saturated carbocycles. The SMILES string of the molecule is NC(=S)N1CC2(C1)CN(C1COC1)C2. The van der Waals surface area contributed by atoms with Crippen molar-refractivity contribution in [1.29, 1.82) is 0 Å². The number of rotatable bonds is 1. The third-order valence-electron chi connectivity index (χ3n) is 3.58. The minimum atomic E-state index is 0.513. The van der Waals surface area contributed by atoms with Gasteiger partial charge in [-0.05, 0) is 12.2 Å². The Morgan fingerprint density at radius 1 is 1.29 bits per heavy atom. The van der Waals surface area contributed by atoms with Gasteiger partial charge in [-0.15, -0.1) is 0 Å². The van der Waals surface area contributed by atoms with Crippen molar-refractivity contribution in [3.63, 3.8) is 0 Å². The summed E-state index contributed by atoms with van der Waals surface area (Å²) < 4.78 is 5.18. The van der Waals surface area contributed by atoms with Gasteiger partial charge in [-0.3, -0.25) is 4.90 Å². The highest BCUT2D eigenvalue weighted by atomic mass is 32.1. The normalized spacial score (nSPS) is 30.7. The fourth-order valence-electron chi connectivity index (χ4n) is 2.63. The number of thiocarbonyl (C=S) groups is 1. The molecule has 3 rings (SSSR count).